The smallest absolute Gasteiger partial charge is 0.151 e. The molecule has 0 saturated carbocycles. The Balaban J connectivity index is 3.44. The predicted molar refractivity (Wildman–Crippen MR) is 29.8 cm³/mol. The summed E-state index contributed by atoms with van der Waals surface area (Å²) in [4.78, 5) is 9.73. The van der Waals surface area contributed by atoms with Gasteiger partial charge in [-0.05, 0) is 6.42 Å². The van der Waals surface area contributed by atoms with Gasteiger partial charge in [0.2, 0.25) is 0 Å². The molecule has 4 nitrogen and oxygen atoms in total. The van der Waals surface area contributed by atoms with Crippen LogP contribution in [0, 0.1) is 0 Å². The molecular weight excluding hydrogens is 124 g/mol. The molecular formula is C5H10O4. The lowest BCUT2D eigenvalue weighted by Gasteiger charge is -2.09. The largest absolute Gasteiger partial charge is 0.396 e. The third-order valence-corrected chi connectivity index (χ3v) is 0.959. The van der Waals surface area contributed by atoms with Crippen molar-refractivity contribution in [1.29, 1.82) is 0 Å². The van der Waals surface area contributed by atoms with Crippen LogP contribution in [0.3, 0.4) is 0 Å². The van der Waals surface area contributed by atoms with Crippen LogP contribution in [-0.2, 0) is 4.79 Å². The van der Waals surface area contributed by atoms with E-state index in [9.17, 15) is 4.79 Å². The van der Waals surface area contributed by atoms with Crippen molar-refractivity contribution in [2.45, 2.75) is 18.6 Å². The molecule has 54 valence electrons. The molecule has 0 radical (unpaired) electrons. The minimum atomic E-state index is -1.36. The zero-order valence-corrected chi connectivity index (χ0v) is 4.90. The van der Waals surface area contributed by atoms with E-state index in [2.05, 4.69) is 0 Å². The van der Waals surface area contributed by atoms with E-state index in [1.807, 2.05) is 0 Å². The number of hydrogen-bond acceptors (Lipinski definition) is 4. The molecule has 1 unspecified atom stereocenters. The molecule has 0 rings (SSSR count). The van der Waals surface area contributed by atoms with Crippen molar-refractivity contribution < 1.29 is 20.1 Å². The number of carbonyl (C=O) groups excluding carboxylic acids is 1. The van der Waals surface area contributed by atoms with Crippen LogP contribution in [0.2, 0.25) is 0 Å². The Morgan fingerprint density at radius 1 is 1.44 bits per heavy atom. The average Bonchev–Trinajstić information content (AvgIpc) is 1.87. The van der Waals surface area contributed by atoms with Gasteiger partial charge >= 0.3 is 0 Å². The lowest BCUT2D eigenvalue weighted by Crippen LogP contribution is -2.27. The zero-order chi connectivity index (χ0) is 7.28. The molecule has 9 heavy (non-hydrogen) atoms. The van der Waals surface area contributed by atoms with Gasteiger partial charge in [-0.3, -0.25) is 0 Å². The molecule has 0 amide bonds. The van der Waals surface area contributed by atoms with E-state index < -0.39 is 12.2 Å². The first-order chi connectivity index (χ1) is 4.22. The summed E-state index contributed by atoms with van der Waals surface area (Å²) in [5.41, 5.74) is 0. The predicted octanol–water partition coefficient (Wildman–Crippen LogP) is -1.71. The highest BCUT2D eigenvalue weighted by Gasteiger charge is 2.13. The van der Waals surface area contributed by atoms with Crippen molar-refractivity contribution in [3.63, 3.8) is 0 Å². The van der Waals surface area contributed by atoms with E-state index in [4.69, 9.17) is 15.3 Å². The lowest BCUT2D eigenvalue weighted by atomic mass is 10.2. The molecule has 4 heteroatoms. The van der Waals surface area contributed by atoms with E-state index in [1.54, 1.807) is 0 Å². The van der Waals surface area contributed by atoms with Crippen LogP contribution in [-0.4, -0.2) is 40.4 Å². The summed E-state index contributed by atoms with van der Waals surface area (Å²) in [7, 11) is 0. The van der Waals surface area contributed by atoms with Gasteiger partial charge in [0.05, 0.1) is 6.10 Å². The Labute approximate surface area is 52.7 Å². The maximum absolute atomic E-state index is 9.73. The second kappa shape index (κ2) is 4.43. The van der Waals surface area contributed by atoms with Gasteiger partial charge in [0.15, 0.2) is 6.29 Å². The average molecular weight is 134 g/mol. The molecule has 0 aliphatic rings. The summed E-state index contributed by atoms with van der Waals surface area (Å²) in [6, 6.07) is 0. The summed E-state index contributed by atoms with van der Waals surface area (Å²) in [5.74, 6) is 0. The highest BCUT2D eigenvalue weighted by atomic mass is 16.3. The third kappa shape index (κ3) is 3.18. The maximum Gasteiger partial charge on any atom is 0.151 e. The fourth-order valence-corrected chi connectivity index (χ4v) is 0.394. The maximum atomic E-state index is 9.73. The molecule has 0 heterocycles. The molecule has 2 atom stereocenters. The lowest BCUT2D eigenvalue weighted by molar-refractivity contribution is -0.120. The fourth-order valence-electron chi connectivity index (χ4n) is 0.394. The quantitative estimate of drug-likeness (QED) is 0.400. The summed E-state index contributed by atoms with van der Waals surface area (Å²) < 4.78 is 0. The van der Waals surface area contributed by atoms with Crippen LogP contribution >= 0.6 is 0 Å². The Morgan fingerprint density at radius 3 is 2.33 bits per heavy atom. The van der Waals surface area contributed by atoms with Crippen molar-refractivity contribution >= 4 is 6.29 Å². The van der Waals surface area contributed by atoms with Crippen molar-refractivity contribution in [3.8, 4) is 0 Å². The highest BCUT2D eigenvalue weighted by Crippen LogP contribution is 1.94. The third-order valence-electron chi connectivity index (χ3n) is 0.959. The Bertz CT molecular complexity index is 83.0. The van der Waals surface area contributed by atoms with Crippen molar-refractivity contribution in [2.24, 2.45) is 0 Å². The van der Waals surface area contributed by atoms with E-state index in [-0.39, 0.29) is 19.3 Å². The van der Waals surface area contributed by atoms with Crippen LogP contribution in [0.15, 0.2) is 0 Å². The van der Waals surface area contributed by atoms with Crippen molar-refractivity contribution in [3.05, 3.63) is 0 Å². The molecule has 0 bridgehead atoms. The molecule has 0 aliphatic carbocycles. The van der Waals surface area contributed by atoms with Crippen LogP contribution in [0.4, 0.5) is 0 Å². The number of aliphatic hydroxyl groups is 3. The summed E-state index contributed by atoms with van der Waals surface area (Å²) in [6.45, 7) is -0.230. The van der Waals surface area contributed by atoms with E-state index in [0.717, 1.165) is 0 Å². The first-order valence-electron chi connectivity index (χ1n) is 2.64. The fraction of sp³-hybridized carbons (Fsp3) is 0.800. The van der Waals surface area contributed by atoms with Crippen LogP contribution in [0.5, 0.6) is 0 Å². The summed E-state index contributed by atoms with van der Waals surface area (Å²) >= 11 is 0. The van der Waals surface area contributed by atoms with E-state index in [0.29, 0.717) is 0 Å². The van der Waals surface area contributed by atoms with Gasteiger partial charge in [0.25, 0.3) is 0 Å². The van der Waals surface area contributed by atoms with E-state index in [1.165, 1.54) is 0 Å². The van der Waals surface area contributed by atoms with Crippen molar-refractivity contribution in [2.75, 3.05) is 6.61 Å². The van der Waals surface area contributed by atoms with Gasteiger partial charge in [-0.25, -0.2) is 0 Å². The first-order valence-corrected chi connectivity index (χ1v) is 2.64. The molecule has 0 fully saturated rings. The SMILES string of the molecule is O=CC(O)[C@H](O)CCO. The monoisotopic (exact) mass is 134 g/mol. The number of carbonyl (C=O) groups is 1. The molecule has 0 saturated heterocycles. The highest BCUT2D eigenvalue weighted by molar-refractivity contribution is 5.56. The van der Waals surface area contributed by atoms with Crippen LogP contribution in [0.1, 0.15) is 6.42 Å². The Hall–Kier alpha value is -0.450. The first kappa shape index (κ1) is 8.55. The Kier molecular flexibility index (Phi) is 4.21. The molecule has 0 aromatic rings. The number of aliphatic hydroxyl groups excluding tert-OH is 3. The van der Waals surface area contributed by atoms with Crippen molar-refractivity contribution in [1.82, 2.24) is 0 Å². The molecule has 0 spiro atoms. The van der Waals surface area contributed by atoms with Gasteiger partial charge < -0.3 is 20.1 Å². The van der Waals surface area contributed by atoms with E-state index >= 15 is 0 Å². The minimum Gasteiger partial charge on any atom is -0.396 e. The van der Waals surface area contributed by atoms with Crippen LogP contribution in [0.25, 0.3) is 0 Å². The number of aldehydes is 1. The summed E-state index contributed by atoms with van der Waals surface area (Å²) in [5, 5.41) is 25.4. The normalized spacial score (nSPS) is 16.8. The van der Waals surface area contributed by atoms with Gasteiger partial charge in [0, 0.05) is 6.61 Å². The van der Waals surface area contributed by atoms with Gasteiger partial charge in [0.1, 0.15) is 6.10 Å². The molecule has 0 aromatic heterocycles. The van der Waals surface area contributed by atoms with Gasteiger partial charge in [-0.1, -0.05) is 0 Å². The molecule has 3 N–H and O–H groups in total. The summed E-state index contributed by atoms with van der Waals surface area (Å²) in [6.07, 6.45) is -2.23. The number of rotatable bonds is 4. The second-order valence-corrected chi connectivity index (χ2v) is 1.71. The van der Waals surface area contributed by atoms with Gasteiger partial charge in [-0.2, -0.15) is 0 Å². The zero-order valence-electron chi connectivity index (χ0n) is 4.90. The van der Waals surface area contributed by atoms with Crippen LogP contribution < -0.4 is 0 Å². The number of hydrogen-bond donors (Lipinski definition) is 3. The standard InChI is InChI=1S/C5H10O4/c6-2-1-4(8)5(9)3-7/h3-6,8-9H,1-2H2/t4-,5?/m1/s1. The molecule has 0 aliphatic heterocycles. The minimum absolute atomic E-state index is 0.0277. The molecule has 0 aromatic carbocycles. The second-order valence-electron chi connectivity index (χ2n) is 1.71. The van der Waals surface area contributed by atoms with Gasteiger partial charge in [-0.15, -0.1) is 0 Å². The Morgan fingerprint density at radius 2 is 2.00 bits per heavy atom. The topological polar surface area (TPSA) is 77.8 Å².